The number of hydrogen-bond donors (Lipinski definition) is 3. The Balaban J connectivity index is 1.22. The molecule has 1 aliphatic rings. The van der Waals surface area contributed by atoms with Gasteiger partial charge in [-0.2, -0.15) is 0 Å². The van der Waals surface area contributed by atoms with Crippen LogP contribution < -0.4 is 15.4 Å². The molecule has 1 unspecified atom stereocenters. The van der Waals surface area contributed by atoms with Gasteiger partial charge in [-0.25, -0.2) is 4.98 Å². The van der Waals surface area contributed by atoms with E-state index in [9.17, 15) is 9.00 Å². The number of nitrogens with zero attached hydrogens (tertiary/aromatic N) is 1. The van der Waals surface area contributed by atoms with Gasteiger partial charge in [-0.05, 0) is 97.0 Å². The van der Waals surface area contributed by atoms with Crippen LogP contribution in [0.4, 0.5) is 11.4 Å². The summed E-state index contributed by atoms with van der Waals surface area (Å²) in [7, 11) is -1.22. The topological polar surface area (TPSA) is 105 Å². The predicted molar refractivity (Wildman–Crippen MR) is 187 cm³/mol. The maximum Gasteiger partial charge on any atom is 0.251 e. The number of benzene rings is 3. The number of carbonyl (C=O) groups is 1. The molecule has 9 heteroatoms. The van der Waals surface area contributed by atoms with E-state index in [2.05, 4.69) is 64.8 Å². The number of nitrogens with one attached hydrogen (secondary N) is 3. The predicted octanol–water partition coefficient (Wildman–Crippen LogP) is 7.76. The van der Waals surface area contributed by atoms with Crippen LogP contribution in [-0.4, -0.2) is 46.4 Å². The number of carbonyl (C=O) groups excluding carboxylic acids is 1. The molecular formula is C37H44N4O4S. The summed E-state index contributed by atoms with van der Waals surface area (Å²) in [5.41, 5.74) is 6.36. The molecule has 46 heavy (non-hydrogen) atoms. The molecule has 0 fully saturated rings. The van der Waals surface area contributed by atoms with E-state index in [1.165, 1.54) is 0 Å². The molecule has 2 heterocycles. The van der Waals surface area contributed by atoms with E-state index in [4.69, 9.17) is 9.47 Å². The molecule has 1 atom stereocenters. The van der Waals surface area contributed by atoms with Gasteiger partial charge >= 0.3 is 0 Å². The van der Waals surface area contributed by atoms with E-state index in [0.717, 1.165) is 90.5 Å². The standard InChI is InChI=1S/C37H44N4O4S/c1-3-5-20-44-21-22-45-33-14-9-27(10-15-33)28-11-18-35-30(23-28)24-29(8-6-19-38-35)37(42)41-31-12-16-34(17-13-31)46(43)26-32-25-39-36(40-32)7-4-2/h9-18,23-25,38H,3-8,19-22,26H2,1-2H3,(H,39,40)(H,41,42). The third kappa shape index (κ3) is 9.40. The molecule has 0 bridgehead atoms. The molecule has 0 radical (unpaired) electrons. The van der Waals surface area contributed by atoms with Gasteiger partial charge in [0, 0.05) is 53.3 Å². The van der Waals surface area contributed by atoms with Crippen LogP contribution >= 0.6 is 0 Å². The lowest BCUT2D eigenvalue weighted by Gasteiger charge is -2.17. The minimum absolute atomic E-state index is 0.131. The Morgan fingerprint density at radius 3 is 2.54 bits per heavy atom. The van der Waals surface area contributed by atoms with Crippen LogP contribution in [0.15, 0.2) is 83.4 Å². The molecule has 3 N–H and O–H groups in total. The Labute approximate surface area is 274 Å². The lowest BCUT2D eigenvalue weighted by molar-refractivity contribution is -0.112. The van der Waals surface area contributed by atoms with Gasteiger partial charge in [0.2, 0.25) is 0 Å². The first kappa shape index (κ1) is 33.2. The highest BCUT2D eigenvalue weighted by atomic mass is 32.2. The molecule has 242 valence electrons. The fraction of sp³-hybridized carbons (Fsp3) is 0.351. The smallest absolute Gasteiger partial charge is 0.251 e. The molecule has 0 aliphatic carbocycles. The molecule has 1 aliphatic heterocycles. The van der Waals surface area contributed by atoms with E-state index in [-0.39, 0.29) is 5.91 Å². The largest absolute Gasteiger partial charge is 0.491 e. The Hall–Kier alpha value is -4.21. The Morgan fingerprint density at radius 2 is 1.76 bits per heavy atom. The normalized spacial score (nSPS) is 13.5. The Morgan fingerprint density at radius 1 is 0.957 bits per heavy atom. The summed E-state index contributed by atoms with van der Waals surface area (Å²) in [6.07, 6.45) is 9.32. The van der Waals surface area contributed by atoms with Crippen molar-refractivity contribution in [3.63, 3.8) is 0 Å². The lowest BCUT2D eigenvalue weighted by atomic mass is 9.97. The lowest BCUT2D eigenvalue weighted by Crippen LogP contribution is -2.17. The minimum atomic E-state index is -1.22. The van der Waals surface area contributed by atoms with Crippen LogP contribution in [0.2, 0.25) is 0 Å². The van der Waals surface area contributed by atoms with E-state index in [1.54, 1.807) is 6.20 Å². The zero-order chi connectivity index (χ0) is 32.1. The molecule has 5 rings (SSSR count). The maximum atomic E-state index is 13.4. The van der Waals surface area contributed by atoms with Crippen molar-refractivity contribution in [1.82, 2.24) is 9.97 Å². The number of rotatable bonds is 15. The summed E-state index contributed by atoms with van der Waals surface area (Å²) < 4.78 is 24.3. The number of unbranched alkanes of at least 4 members (excludes halogenated alkanes) is 1. The van der Waals surface area contributed by atoms with Crippen molar-refractivity contribution in [2.75, 3.05) is 37.0 Å². The fourth-order valence-electron chi connectivity index (χ4n) is 5.24. The summed E-state index contributed by atoms with van der Waals surface area (Å²) in [4.78, 5) is 21.7. The zero-order valence-electron chi connectivity index (χ0n) is 26.8. The quantitative estimate of drug-likeness (QED) is 0.115. The van der Waals surface area contributed by atoms with Gasteiger partial charge in [0.15, 0.2) is 0 Å². The first-order valence-electron chi connectivity index (χ1n) is 16.2. The molecule has 1 amide bonds. The van der Waals surface area contributed by atoms with Gasteiger partial charge < -0.3 is 25.1 Å². The fourth-order valence-corrected chi connectivity index (χ4v) is 6.28. The van der Waals surface area contributed by atoms with Crippen LogP contribution in [0.5, 0.6) is 5.75 Å². The number of imidazole rings is 1. The molecule has 0 saturated carbocycles. The van der Waals surface area contributed by atoms with Crippen LogP contribution in [0, 0.1) is 0 Å². The minimum Gasteiger partial charge on any atom is -0.491 e. The molecule has 1 aromatic heterocycles. The average Bonchev–Trinajstić information content (AvgIpc) is 3.50. The monoisotopic (exact) mass is 640 g/mol. The third-order valence-corrected chi connectivity index (χ3v) is 9.14. The highest BCUT2D eigenvalue weighted by Crippen LogP contribution is 2.30. The number of anilines is 2. The van der Waals surface area contributed by atoms with Gasteiger partial charge in [0.25, 0.3) is 5.91 Å². The number of amides is 1. The first-order valence-corrected chi connectivity index (χ1v) is 17.6. The van der Waals surface area contributed by atoms with E-state index in [1.807, 2.05) is 42.5 Å². The van der Waals surface area contributed by atoms with Crippen LogP contribution in [-0.2, 0) is 32.5 Å². The van der Waals surface area contributed by atoms with Crippen molar-refractivity contribution in [2.45, 2.75) is 63.0 Å². The van der Waals surface area contributed by atoms with Crippen molar-refractivity contribution in [2.24, 2.45) is 0 Å². The number of hydrogen-bond acceptors (Lipinski definition) is 6. The van der Waals surface area contributed by atoms with Crippen LogP contribution in [0.1, 0.15) is 63.0 Å². The van der Waals surface area contributed by atoms with Crippen molar-refractivity contribution in [3.8, 4) is 16.9 Å². The van der Waals surface area contributed by atoms with Crippen LogP contribution in [0.3, 0.4) is 0 Å². The van der Waals surface area contributed by atoms with Crippen molar-refractivity contribution < 1.29 is 18.5 Å². The molecule has 4 aromatic rings. The second-order valence-electron chi connectivity index (χ2n) is 11.4. The van der Waals surface area contributed by atoms with Crippen molar-refractivity contribution in [1.29, 1.82) is 0 Å². The highest BCUT2D eigenvalue weighted by Gasteiger charge is 2.15. The van der Waals surface area contributed by atoms with Crippen molar-refractivity contribution >= 4 is 34.2 Å². The summed E-state index contributed by atoms with van der Waals surface area (Å²) in [5.74, 6) is 1.97. The highest BCUT2D eigenvalue weighted by molar-refractivity contribution is 7.84. The van der Waals surface area contributed by atoms with E-state index < -0.39 is 10.8 Å². The maximum absolute atomic E-state index is 13.4. The van der Waals surface area contributed by atoms with Gasteiger partial charge in [0.1, 0.15) is 18.2 Å². The van der Waals surface area contributed by atoms with E-state index in [0.29, 0.717) is 36.0 Å². The first-order chi connectivity index (χ1) is 22.5. The molecule has 3 aromatic carbocycles. The van der Waals surface area contributed by atoms with Crippen LogP contribution in [0.25, 0.3) is 17.2 Å². The molecular weight excluding hydrogens is 596 g/mol. The summed E-state index contributed by atoms with van der Waals surface area (Å²) in [5, 5.41) is 6.54. The van der Waals surface area contributed by atoms with Gasteiger partial charge in [-0.3, -0.25) is 9.00 Å². The van der Waals surface area contributed by atoms with Crippen molar-refractivity contribution in [3.05, 3.63) is 95.6 Å². The number of aromatic amines is 1. The zero-order valence-corrected chi connectivity index (χ0v) is 27.6. The second kappa shape index (κ2) is 16.9. The average molecular weight is 641 g/mol. The number of aryl methyl sites for hydroxylation is 1. The summed E-state index contributed by atoms with van der Waals surface area (Å²) in [6.45, 7) is 6.91. The summed E-state index contributed by atoms with van der Waals surface area (Å²) in [6, 6.07) is 21.6. The number of aromatic nitrogens is 2. The molecule has 0 saturated heterocycles. The van der Waals surface area contributed by atoms with Gasteiger partial charge in [-0.1, -0.05) is 38.5 Å². The number of fused-ring (bicyclic) bond motifs is 1. The number of H-pyrrole nitrogens is 1. The third-order valence-electron chi connectivity index (χ3n) is 7.77. The molecule has 0 spiro atoms. The Kier molecular flexibility index (Phi) is 12.2. The molecule has 8 nitrogen and oxygen atoms in total. The second-order valence-corrected chi connectivity index (χ2v) is 12.9. The van der Waals surface area contributed by atoms with Gasteiger partial charge in [-0.15, -0.1) is 0 Å². The SMILES string of the molecule is CCCCOCCOc1ccc(-c2ccc3c(c2)C=C(C(=O)Nc2ccc(S(=O)Cc4cnc(CCC)[nH]4)cc2)CCCN3)cc1. The summed E-state index contributed by atoms with van der Waals surface area (Å²) >= 11 is 0. The van der Waals surface area contributed by atoms with E-state index >= 15 is 0 Å². The number of ether oxygens (including phenoxy) is 2. The Bertz CT molecular complexity index is 1630. The van der Waals surface area contributed by atoms with Gasteiger partial charge in [0.05, 0.1) is 23.2 Å².